The van der Waals surface area contributed by atoms with E-state index in [4.69, 9.17) is 4.74 Å². The van der Waals surface area contributed by atoms with Crippen LogP contribution in [-0.4, -0.2) is 41.6 Å². The smallest absolute Gasteiger partial charge is 0.434 e. The molecular formula is C11H22N2O3. The van der Waals surface area contributed by atoms with Gasteiger partial charge in [-0.3, -0.25) is 5.21 Å². The van der Waals surface area contributed by atoms with Gasteiger partial charge in [-0.2, -0.15) is 5.06 Å². The van der Waals surface area contributed by atoms with Gasteiger partial charge in [0.1, 0.15) is 5.60 Å². The normalized spacial score (nSPS) is 18.2. The first-order valence-electron chi connectivity index (χ1n) is 5.78. The highest BCUT2D eigenvalue weighted by atomic mass is 16.6. The van der Waals surface area contributed by atoms with Gasteiger partial charge in [0.05, 0.1) is 6.54 Å². The predicted molar refractivity (Wildman–Crippen MR) is 60.3 cm³/mol. The van der Waals surface area contributed by atoms with Gasteiger partial charge in [0, 0.05) is 0 Å². The molecule has 0 atom stereocenters. The molecule has 16 heavy (non-hydrogen) atoms. The van der Waals surface area contributed by atoms with E-state index in [9.17, 15) is 10.0 Å². The monoisotopic (exact) mass is 230 g/mol. The van der Waals surface area contributed by atoms with Gasteiger partial charge in [0.15, 0.2) is 0 Å². The summed E-state index contributed by atoms with van der Waals surface area (Å²) in [5.41, 5.74) is -0.563. The largest absolute Gasteiger partial charge is 0.442 e. The van der Waals surface area contributed by atoms with E-state index in [0.717, 1.165) is 25.9 Å². The van der Waals surface area contributed by atoms with Gasteiger partial charge in [-0.15, -0.1) is 0 Å². The Morgan fingerprint density at radius 1 is 1.44 bits per heavy atom. The molecule has 0 aliphatic carbocycles. The lowest BCUT2D eigenvalue weighted by atomic mass is 9.98. The fourth-order valence-electron chi connectivity index (χ4n) is 1.70. The molecule has 1 saturated heterocycles. The molecule has 1 rings (SSSR count). The van der Waals surface area contributed by atoms with Crippen LogP contribution in [0.3, 0.4) is 0 Å². The maximum absolute atomic E-state index is 11.5. The van der Waals surface area contributed by atoms with Crippen molar-refractivity contribution >= 4 is 6.09 Å². The minimum Gasteiger partial charge on any atom is -0.442 e. The summed E-state index contributed by atoms with van der Waals surface area (Å²) in [6.07, 6.45) is 1.31. The average molecular weight is 230 g/mol. The fourth-order valence-corrected chi connectivity index (χ4v) is 1.70. The van der Waals surface area contributed by atoms with Crippen LogP contribution in [0.15, 0.2) is 0 Å². The standard InChI is InChI=1S/C11H22N2O3/c1-11(2,3)16-10(14)13(15)8-9-4-6-12-7-5-9/h9,12,15H,4-8H2,1-3H3. The molecule has 1 amide bonds. The van der Waals surface area contributed by atoms with Crippen LogP contribution in [0.4, 0.5) is 4.79 Å². The Kier molecular flexibility index (Phi) is 4.56. The summed E-state index contributed by atoms with van der Waals surface area (Å²) >= 11 is 0. The average Bonchev–Trinajstić information content (AvgIpc) is 2.16. The number of piperidine rings is 1. The molecule has 1 aliphatic rings. The summed E-state index contributed by atoms with van der Waals surface area (Å²) in [7, 11) is 0. The molecule has 5 heteroatoms. The summed E-state index contributed by atoms with van der Waals surface area (Å²) in [6.45, 7) is 7.60. The summed E-state index contributed by atoms with van der Waals surface area (Å²) < 4.78 is 5.06. The first-order chi connectivity index (χ1) is 7.38. The number of hydrogen-bond donors (Lipinski definition) is 2. The Labute approximate surface area is 96.7 Å². The van der Waals surface area contributed by atoms with Gasteiger partial charge in [-0.1, -0.05) is 0 Å². The van der Waals surface area contributed by atoms with E-state index in [0.29, 0.717) is 17.5 Å². The van der Waals surface area contributed by atoms with Gasteiger partial charge >= 0.3 is 6.09 Å². The van der Waals surface area contributed by atoms with E-state index in [2.05, 4.69) is 5.32 Å². The second-order valence-corrected chi connectivity index (χ2v) is 5.26. The van der Waals surface area contributed by atoms with E-state index in [1.165, 1.54) is 0 Å². The van der Waals surface area contributed by atoms with E-state index in [-0.39, 0.29) is 0 Å². The minimum atomic E-state index is -0.661. The molecule has 1 aliphatic heterocycles. The molecule has 0 aromatic heterocycles. The van der Waals surface area contributed by atoms with E-state index < -0.39 is 11.7 Å². The Morgan fingerprint density at radius 2 is 2.00 bits per heavy atom. The molecule has 0 unspecified atom stereocenters. The Bertz CT molecular complexity index is 232. The molecule has 0 aromatic rings. The Morgan fingerprint density at radius 3 is 2.50 bits per heavy atom. The number of hydroxylamine groups is 2. The zero-order chi connectivity index (χ0) is 12.2. The van der Waals surface area contributed by atoms with Crippen LogP contribution in [0, 0.1) is 5.92 Å². The molecule has 0 radical (unpaired) electrons. The number of carbonyl (C=O) groups excluding carboxylic acids is 1. The van der Waals surface area contributed by atoms with Crippen molar-refractivity contribution in [1.82, 2.24) is 10.4 Å². The minimum absolute atomic E-state index is 0.358. The van der Waals surface area contributed by atoms with Crippen LogP contribution in [0.25, 0.3) is 0 Å². The van der Waals surface area contributed by atoms with Crippen LogP contribution < -0.4 is 5.32 Å². The van der Waals surface area contributed by atoms with Gasteiger partial charge < -0.3 is 10.1 Å². The van der Waals surface area contributed by atoms with E-state index >= 15 is 0 Å². The topological polar surface area (TPSA) is 61.8 Å². The van der Waals surface area contributed by atoms with Crippen molar-refractivity contribution in [3.05, 3.63) is 0 Å². The maximum Gasteiger partial charge on any atom is 0.434 e. The third-order valence-electron chi connectivity index (χ3n) is 2.49. The number of amides is 1. The number of nitrogens with zero attached hydrogens (tertiary/aromatic N) is 1. The maximum atomic E-state index is 11.5. The molecule has 0 saturated carbocycles. The third kappa shape index (κ3) is 4.81. The summed E-state index contributed by atoms with van der Waals surface area (Å²) in [4.78, 5) is 11.5. The van der Waals surface area contributed by atoms with E-state index in [1.54, 1.807) is 20.8 Å². The number of hydrogen-bond acceptors (Lipinski definition) is 4. The molecule has 0 spiro atoms. The van der Waals surface area contributed by atoms with Gasteiger partial charge in [0.25, 0.3) is 0 Å². The van der Waals surface area contributed by atoms with Crippen molar-refractivity contribution < 1.29 is 14.7 Å². The zero-order valence-electron chi connectivity index (χ0n) is 10.3. The Balaban J connectivity index is 2.33. The van der Waals surface area contributed by atoms with Crippen molar-refractivity contribution in [2.75, 3.05) is 19.6 Å². The zero-order valence-corrected chi connectivity index (χ0v) is 10.3. The lowest BCUT2D eigenvalue weighted by Crippen LogP contribution is -2.40. The lowest BCUT2D eigenvalue weighted by Gasteiger charge is -2.28. The number of ether oxygens (including phenoxy) is 1. The molecule has 0 bridgehead atoms. The van der Waals surface area contributed by atoms with Crippen LogP contribution in [0.1, 0.15) is 33.6 Å². The first-order valence-corrected chi connectivity index (χ1v) is 5.78. The quantitative estimate of drug-likeness (QED) is 0.559. The number of nitrogens with one attached hydrogen (secondary N) is 1. The van der Waals surface area contributed by atoms with Crippen LogP contribution >= 0.6 is 0 Å². The third-order valence-corrected chi connectivity index (χ3v) is 2.49. The van der Waals surface area contributed by atoms with Gasteiger partial charge in [-0.05, 0) is 52.6 Å². The summed E-state index contributed by atoms with van der Waals surface area (Å²) in [5, 5.41) is 13.5. The molecule has 0 aromatic carbocycles. The molecular weight excluding hydrogens is 208 g/mol. The van der Waals surface area contributed by atoms with Crippen molar-refractivity contribution in [2.45, 2.75) is 39.2 Å². The van der Waals surface area contributed by atoms with Crippen molar-refractivity contribution in [2.24, 2.45) is 5.92 Å². The lowest BCUT2D eigenvalue weighted by molar-refractivity contribution is -0.103. The first kappa shape index (κ1) is 13.3. The molecule has 1 fully saturated rings. The van der Waals surface area contributed by atoms with Crippen molar-refractivity contribution in [3.8, 4) is 0 Å². The highest BCUT2D eigenvalue weighted by molar-refractivity contribution is 5.66. The SMILES string of the molecule is CC(C)(C)OC(=O)N(O)CC1CCNCC1. The second-order valence-electron chi connectivity index (χ2n) is 5.26. The van der Waals surface area contributed by atoms with Gasteiger partial charge in [-0.25, -0.2) is 4.79 Å². The molecule has 1 heterocycles. The highest BCUT2D eigenvalue weighted by Gasteiger charge is 2.24. The van der Waals surface area contributed by atoms with Crippen molar-refractivity contribution in [1.29, 1.82) is 0 Å². The van der Waals surface area contributed by atoms with Crippen molar-refractivity contribution in [3.63, 3.8) is 0 Å². The fraction of sp³-hybridized carbons (Fsp3) is 0.909. The number of carbonyl (C=O) groups is 1. The second kappa shape index (κ2) is 5.50. The Hall–Kier alpha value is -0.810. The summed E-state index contributed by atoms with van der Waals surface area (Å²) in [5.74, 6) is 0.360. The number of rotatable bonds is 2. The van der Waals surface area contributed by atoms with Crippen LogP contribution in [0.5, 0.6) is 0 Å². The van der Waals surface area contributed by atoms with Crippen LogP contribution in [-0.2, 0) is 4.74 Å². The molecule has 94 valence electrons. The molecule has 5 nitrogen and oxygen atoms in total. The predicted octanol–water partition coefficient (Wildman–Crippen LogP) is 1.61. The van der Waals surface area contributed by atoms with E-state index in [1.807, 2.05) is 0 Å². The summed E-state index contributed by atoms with van der Waals surface area (Å²) in [6, 6.07) is 0. The van der Waals surface area contributed by atoms with Crippen LogP contribution in [0.2, 0.25) is 0 Å². The highest BCUT2D eigenvalue weighted by Crippen LogP contribution is 2.15. The van der Waals surface area contributed by atoms with Gasteiger partial charge in [0.2, 0.25) is 0 Å². The molecule has 2 N–H and O–H groups in total.